The molecule has 2 aromatic heterocycles. The highest BCUT2D eigenvalue weighted by Gasteiger charge is 2.59. The molecule has 1 saturated heterocycles. The van der Waals surface area contributed by atoms with Crippen molar-refractivity contribution in [1.82, 2.24) is 9.88 Å². The Bertz CT molecular complexity index is 1110. The van der Waals surface area contributed by atoms with Gasteiger partial charge in [-0.05, 0) is 41.8 Å². The maximum atomic E-state index is 13.4. The highest BCUT2D eigenvalue weighted by atomic mass is 16.5. The summed E-state index contributed by atoms with van der Waals surface area (Å²) in [6.07, 6.45) is 3.93. The van der Waals surface area contributed by atoms with E-state index in [0.29, 0.717) is 25.3 Å². The second-order valence-corrected chi connectivity index (χ2v) is 7.61. The van der Waals surface area contributed by atoms with E-state index in [4.69, 9.17) is 9.15 Å². The molecule has 2 unspecified atom stereocenters. The van der Waals surface area contributed by atoms with Gasteiger partial charge in [0.2, 0.25) is 5.91 Å². The number of furan rings is 1. The van der Waals surface area contributed by atoms with Gasteiger partial charge in [-0.15, -0.1) is 0 Å². The summed E-state index contributed by atoms with van der Waals surface area (Å²) in [7, 11) is 1.57. The van der Waals surface area contributed by atoms with Crippen molar-refractivity contribution in [1.29, 1.82) is 0 Å². The van der Waals surface area contributed by atoms with Gasteiger partial charge in [-0.25, -0.2) is 0 Å². The van der Waals surface area contributed by atoms with E-state index in [2.05, 4.69) is 10.3 Å². The topological polar surface area (TPSA) is 84.7 Å². The first-order valence-corrected chi connectivity index (χ1v) is 9.84. The van der Waals surface area contributed by atoms with Crippen molar-refractivity contribution in [2.24, 2.45) is 0 Å². The fourth-order valence-corrected chi connectivity index (χ4v) is 4.76. The summed E-state index contributed by atoms with van der Waals surface area (Å²) >= 11 is 0. The molecule has 5 rings (SSSR count). The quantitative estimate of drug-likeness (QED) is 0.723. The van der Waals surface area contributed by atoms with Gasteiger partial charge in [0.1, 0.15) is 17.8 Å². The lowest BCUT2D eigenvalue weighted by atomic mass is 9.73. The summed E-state index contributed by atoms with van der Waals surface area (Å²) in [5.41, 5.74) is 1.67. The first kappa shape index (κ1) is 18.6. The van der Waals surface area contributed by atoms with Crippen molar-refractivity contribution in [3.05, 3.63) is 83.6 Å². The second kappa shape index (κ2) is 7.11. The lowest BCUT2D eigenvalue weighted by Gasteiger charge is -2.33. The van der Waals surface area contributed by atoms with Crippen LogP contribution in [-0.2, 0) is 21.6 Å². The van der Waals surface area contributed by atoms with E-state index in [9.17, 15) is 9.59 Å². The number of carbonyl (C=O) groups is 2. The van der Waals surface area contributed by atoms with Crippen molar-refractivity contribution in [3.8, 4) is 0 Å². The summed E-state index contributed by atoms with van der Waals surface area (Å²) in [6, 6.07) is 14.3. The number of likely N-dealkylation sites (tertiary alicyclic amines) is 1. The molecule has 4 heterocycles. The molecule has 1 aromatic carbocycles. The molecule has 1 N–H and O–H groups in total. The van der Waals surface area contributed by atoms with Crippen LogP contribution in [-0.4, -0.2) is 35.4 Å². The van der Waals surface area contributed by atoms with E-state index < -0.39 is 11.5 Å². The van der Waals surface area contributed by atoms with Gasteiger partial charge in [-0.2, -0.15) is 0 Å². The number of amides is 2. The van der Waals surface area contributed by atoms with Crippen LogP contribution in [0, 0.1) is 0 Å². The van der Waals surface area contributed by atoms with E-state index in [1.807, 2.05) is 36.4 Å². The van der Waals surface area contributed by atoms with Crippen LogP contribution in [0.3, 0.4) is 0 Å². The van der Waals surface area contributed by atoms with Crippen molar-refractivity contribution in [3.63, 3.8) is 0 Å². The standard InChI is InChI=1S/C23H21N3O4/c1-29-14-16-8-9-19(30-16)21(27)26-12-10-23(20(26)15-5-4-11-24-13-15)17-6-2-3-7-18(17)25-22(23)28/h2-9,11,13,20H,10,12,14H2,1H3,(H,25,28). The molecule has 7 nitrogen and oxygen atoms in total. The van der Waals surface area contributed by atoms with Gasteiger partial charge in [-0.3, -0.25) is 14.6 Å². The number of aromatic nitrogens is 1. The van der Waals surface area contributed by atoms with Crippen LogP contribution < -0.4 is 5.32 Å². The Morgan fingerprint density at radius 2 is 2.13 bits per heavy atom. The zero-order valence-corrected chi connectivity index (χ0v) is 16.5. The van der Waals surface area contributed by atoms with Crippen molar-refractivity contribution < 1.29 is 18.7 Å². The number of rotatable bonds is 4. The molecule has 2 aliphatic rings. The first-order chi connectivity index (χ1) is 14.6. The zero-order valence-electron chi connectivity index (χ0n) is 16.5. The summed E-state index contributed by atoms with van der Waals surface area (Å²) in [5.74, 6) is 0.476. The Hall–Kier alpha value is -3.45. The molecule has 1 spiro atoms. The van der Waals surface area contributed by atoms with Crippen LogP contribution in [0.1, 0.15) is 39.9 Å². The van der Waals surface area contributed by atoms with Gasteiger partial charge in [-0.1, -0.05) is 24.3 Å². The Morgan fingerprint density at radius 3 is 2.93 bits per heavy atom. The van der Waals surface area contributed by atoms with Crippen molar-refractivity contribution in [2.75, 3.05) is 19.0 Å². The Kier molecular flexibility index (Phi) is 4.40. The number of methoxy groups -OCH3 is 1. The molecule has 0 aliphatic carbocycles. The fourth-order valence-electron chi connectivity index (χ4n) is 4.76. The fraction of sp³-hybridized carbons (Fsp3) is 0.261. The lowest BCUT2D eigenvalue weighted by Crippen LogP contribution is -2.42. The number of anilines is 1. The second-order valence-electron chi connectivity index (χ2n) is 7.61. The number of hydrogen-bond acceptors (Lipinski definition) is 5. The molecular formula is C23H21N3O4. The summed E-state index contributed by atoms with van der Waals surface area (Å²) in [6.45, 7) is 0.722. The first-order valence-electron chi connectivity index (χ1n) is 9.84. The summed E-state index contributed by atoms with van der Waals surface area (Å²) < 4.78 is 10.8. The molecule has 3 aromatic rings. The van der Waals surface area contributed by atoms with Crippen LogP contribution in [0.25, 0.3) is 0 Å². The highest BCUT2D eigenvalue weighted by Crippen LogP contribution is 2.54. The minimum atomic E-state index is -0.864. The molecule has 0 saturated carbocycles. The summed E-state index contributed by atoms with van der Waals surface area (Å²) in [4.78, 5) is 32.8. The number of benzene rings is 1. The minimum absolute atomic E-state index is 0.0904. The summed E-state index contributed by atoms with van der Waals surface area (Å²) in [5, 5.41) is 3.01. The number of pyridine rings is 1. The highest BCUT2D eigenvalue weighted by molar-refractivity contribution is 6.08. The minimum Gasteiger partial charge on any atom is -0.453 e. The third-order valence-corrected chi connectivity index (χ3v) is 6.01. The molecule has 7 heteroatoms. The van der Waals surface area contributed by atoms with E-state index in [-0.39, 0.29) is 17.6 Å². The van der Waals surface area contributed by atoms with Gasteiger partial charge in [0.15, 0.2) is 5.76 Å². The maximum absolute atomic E-state index is 13.4. The number of hydrogen-bond donors (Lipinski definition) is 1. The Labute approximate surface area is 173 Å². The van der Waals surface area contributed by atoms with Crippen molar-refractivity contribution >= 4 is 17.5 Å². The molecule has 2 atom stereocenters. The molecule has 2 amide bonds. The SMILES string of the molecule is COCc1ccc(C(=O)N2CCC3(C(=O)Nc4ccccc43)C2c2cccnc2)o1. The largest absolute Gasteiger partial charge is 0.453 e. The number of carbonyl (C=O) groups excluding carboxylic acids is 2. The number of para-hydroxylation sites is 1. The Balaban J connectivity index is 1.61. The van der Waals surface area contributed by atoms with E-state index in [1.165, 1.54) is 0 Å². The van der Waals surface area contributed by atoms with Gasteiger partial charge in [0.25, 0.3) is 5.91 Å². The van der Waals surface area contributed by atoms with Crippen molar-refractivity contribution in [2.45, 2.75) is 24.5 Å². The number of nitrogens with one attached hydrogen (secondary N) is 1. The van der Waals surface area contributed by atoms with E-state index in [1.54, 1.807) is 36.5 Å². The number of ether oxygens (including phenoxy) is 1. The predicted molar refractivity (Wildman–Crippen MR) is 109 cm³/mol. The molecule has 2 aliphatic heterocycles. The number of fused-ring (bicyclic) bond motifs is 2. The average molecular weight is 403 g/mol. The molecule has 1 fully saturated rings. The molecule has 0 radical (unpaired) electrons. The monoisotopic (exact) mass is 403 g/mol. The van der Waals surface area contributed by atoms with Crippen LogP contribution in [0.2, 0.25) is 0 Å². The number of nitrogens with zero attached hydrogens (tertiary/aromatic N) is 2. The van der Waals surface area contributed by atoms with E-state index >= 15 is 0 Å². The molecule has 30 heavy (non-hydrogen) atoms. The zero-order chi connectivity index (χ0) is 20.7. The normalized spacial score (nSPS) is 22.4. The van der Waals surface area contributed by atoms with Crippen LogP contribution >= 0.6 is 0 Å². The molecule has 152 valence electrons. The third-order valence-electron chi connectivity index (χ3n) is 6.01. The van der Waals surface area contributed by atoms with E-state index in [0.717, 1.165) is 16.8 Å². The van der Waals surface area contributed by atoms with Gasteiger partial charge < -0.3 is 19.4 Å². The van der Waals surface area contributed by atoms with Gasteiger partial charge in [0, 0.05) is 31.7 Å². The smallest absolute Gasteiger partial charge is 0.290 e. The van der Waals surface area contributed by atoms with Gasteiger partial charge >= 0.3 is 0 Å². The Morgan fingerprint density at radius 1 is 1.27 bits per heavy atom. The molecule has 0 bridgehead atoms. The van der Waals surface area contributed by atoms with Gasteiger partial charge in [0.05, 0.1) is 6.04 Å². The van der Waals surface area contributed by atoms with Crippen LogP contribution in [0.15, 0.2) is 65.3 Å². The average Bonchev–Trinajstić information content (AvgIpc) is 3.46. The van der Waals surface area contributed by atoms with Crippen LogP contribution in [0.4, 0.5) is 5.69 Å². The lowest BCUT2D eigenvalue weighted by molar-refractivity contribution is -0.121. The predicted octanol–water partition coefficient (Wildman–Crippen LogP) is 3.30. The van der Waals surface area contributed by atoms with Crippen LogP contribution in [0.5, 0.6) is 0 Å². The third kappa shape index (κ3) is 2.66. The maximum Gasteiger partial charge on any atom is 0.290 e. The molecular weight excluding hydrogens is 382 g/mol.